The standard InChI is InChI=1S/C15H16BrFN2/c1-19(9-11-5-2-3-7-13(11)16)10-12-6-4-8-14(17)15(12)18/h2-8H,9-10,18H2,1H3. The van der Waals surface area contributed by atoms with Gasteiger partial charge in [0.05, 0.1) is 5.69 Å². The van der Waals surface area contributed by atoms with E-state index in [1.807, 2.05) is 31.3 Å². The van der Waals surface area contributed by atoms with E-state index in [2.05, 4.69) is 26.9 Å². The maximum atomic E-state index is 13.4. The predicted molar refractivity (Wildman–Crippen MR) is 80.1 cm³/mol. The van der Waals surface area contributed by atoms with E-state index in [0.29, 0.717) is 6.54 Å². The zero-order valence-corrected chi connectivity index (χ0v) is 12.3. The molecule has 0 fully saturated rings. The van der Waals surface area contributed by atoms with E-state index in [1.54, 1.807) is 6.07 Å². The molecular weight excluding hydrogens is 307 g/mol. The SMILES string of the molecule is CN(Cc1ccccc1Br)Cc1cccc(F)c1N. The maximum Gasteiger partial charge on any atom is 0.146 e. The molecule has 2 N–H and O–H groups in total. The molecule has 0 atom stereocenters. The minimum absolute atomic E-state index is 0.237. The minimum Gasteiger partial charge on any atom is -0.396 e. The molecule has 0 aromatic heterocycles. The summed E-state index contributed by atoms with van der Waals surface area (Å²) >= 11 is 3.52. The number of rotatable bonds is 4. The first-order valence-electron chi connectivity index (χ1n) is 6.02. The molecule has 0 aliphatic rings. The van der Waals surface area contributed by atoms with Gasteiger partial charge < -0.3 is 5.73 Å². The van der Waals surface area contributed by atoms with Crippen molar-refractivity contribution in [2.45, 2.75) is 13.1 Å². The molecule has 2 aromatic carbocycles. The van der Waals surface area contributed by atoms with Gasteiger partial charge in [-0.25, -0.2) is 4.39 Å². The van der Waals surface area contributed by atoms with Crippen LogP contribution in [0.2, 0.25) is 0 Å². The Morgan fingerprint density at radius 3 is 2.42 bits per heavy atom. The number of nitrogens with two attached hydrogens (primary N) is 1. The summed E-state index contributed by atoms with van der Waals surface area (Å²) in [7, 11) is 1.99. The zero-order chi connectivity index (χ0) is 13.8. The molecule has 0 saturated carbocycles. The highest BCUT2D eigenvalue weighted by Crippen LogP contribution is 2.20. The van der Waals surface area contributed by atoms with Crippen molar-refractivity contribution in [3.05, 3.63) is 63.9 Å². The van der Waals surface area contributed by atoms with E-state index in [9.17, 15) is 4.39 Å². The highest BCUT2D eigenvalue weighted by atomic mass is 79.9. The quantitative estimate of drug-likeness (QED) is 0.867. The average molecular weight is 323 g/mol. The fraction of sp³-hybridized carbons (Fsp3) is 0.200. The van der Waals surface area contributed by atoms with E-state index >= 15 is 0 Å². The van der Waals surface area contributed by atoms with Gasteiger partial charge in [0.1, 0.15) is 5.82 Å². The second kappa shape index (κ2) is 6.17. The highest BCUT2D eigenvalue weighted by Gasteiger charge is 2.08. The fourth-order valence-corrected chi connectivity index (χ4v) is 2.39. The number of anilines is 1. The Morgan fingerprint density at radius 2 is 1.68 bits per heavy atom. The number of nitrogen functional groups attached to an aromatic ring is 1. The van der Waals surface area contributed by atoms with Crippen LogP contribution in [-0.2, 0) is 13.1 Å². The van der Waals surface area contributed by atoms with Gasteiger partial charge in [-0.1, -0.05) is 46.3 Å². The van der Waals surface area contributed by atoms with Gasteiger partial charge in [0, 0.05) is 17.6 Å². The number of hydrogen-bond acceptors (Lipinski definition) is 2. The third-order valence-corrected chi connectivity index (χ3v) is 3.76. The number of nitrogens with zero attached hydrogens (tertiary/aromatic N) is 1. The predicted octanol–water partition coefficient (Wildman–Crippen LogP) is 3.80. The number of para-hydroxylation sites is 1. The van der Waals surface area contributed by atoms with Gasteiger partial charge in [-0.05, 0) is 30.3 Å². The van der Waals surface area contributed by atoms with Crippen LogP contribution < -0.4 is 5.73 Å². The van der Waals surface area contributed by atoms with Gasteiger partial charge in [0.15, 0.2) is 0 Å². The second-order valence-electron chi connectivity index (χ2n) is 4.58. The molecule has 2 nitrogen and oxygen atoms in total. The van der Waals surface area contributed by atoms with Crippen molar-refractivity contribution in [1.29, 1.82) is 0 Å². The molecule has 0 saturated heterocycles. The summed E-state index contributed by atoms with van der Waals surface area (Å²) in [5, 5.41) is 0. The Balaban J connectivity index is 2.08. The van der Waals surface area contributed by atoms with Gasteiger partial charge in [0.25, 0.3) is 0 Å². The van der Waals surface area contributed by atoms with Crippen molar-refractivity contribution >= 4 is 21.6 Å². The summed E-state index contributed by atoms with van der Waals surface area (Å²) in [6, 6.07) is 13.0. The largest absolute Gasteiger partial charge is 0.396 e. The molecular formula is C15H16BrFN2. The van der Waals surface area contributed by atoms with Crippen molar-refractivity contribution in [3.8, 4) is 0 Å². The molecule has 0 aliphatic carbocycles. The smallest absolute Gasteiger partial charge is 0.146 e. The molecule has 100 valence electrons. The van der Waals surface area contributed by atoms with Crippen LogP contribution in [0.25, 0.3) is 0 Å². The lowest BCUT2D eigenvalue weighted by Crippen LogP contribution is -2.18. The fourth-order valence-electron chi connectivity index (χ4n) is 1.98. The lowest BCUT2D eigenvalue weighted by molar-refractivity contribution is 0.318. The summed E-state index contributed by atoms with van der Waals surface area (Å²) in [5.74, 6) is -0.355. The van der Waals surface area contributed by atoms with Gasteiger partial charge in [-0.2, -0.15) is 0 Å². The first-order chi connectivity index (χ1) is 9.08. The van der Waals surface area contributed by atoms with Crippen molar-refractivity contribution in [3.63, 3.8) is 0 Å². The average Bonchev–Trinajstić information content (AvgIpc) is 2.38. The number of hydrogen-bond donors (Lipinski definition) is 1. The van der Waals surface area contributed by atoms with Crippen molar-refractivity contribution in [2.75, 3.05) is 12.8 Å². The lowest BCUT2D eigenvalue weighted by Gasteiger charge is -2.18. The topological polar surface area (TPSA) is 29.3 Å². The Hall–Kier alpha value is -1.39. The van der Waals surface area contributed by atoms with E-state index < -0.39 is 0 Å². The third-order valence-electron chi connectivity index (χ3n) is 2.98. The van der Waals surface area contributed by atoms with Crippen LogP contribution in [0, 0.1) is 5.82 Å². The lowest BCUT2D eigenvalue weighted by atomic mass is 10.1. The molecule has 0 bridgehead atoms. The number of benzene rings is 2. The van der Waals surface area contributed by atoms with E-state index in [4.69, 9.17) is 5.73 Å². The molecule has 2 rings (SSSR count). The van der Waals surface area contributed by atoms with Gasteiger partial charge >= 0.3 is 0 Å². The molecule has 2 aromatic rings. The van der Waals surface area contributed by atoms with Crippen LogP contribution in [0.4, 0.5) is 10.1 Å². The van der Waals surface area contributed by atoms with Crippen LogP contribution in [0.15, 0.2) is 46.9 Å². The summed E-state index contributed by atoms with van der Waals surface area (Å²) in [6.45, 7) is 1.39. The van der Waals surface area contributed by atoms with Crippen molar-refractivity contribution < 1.29 is 4.39 Å². The van der Waals surface area contributed by atoms with Crippen LogP contribution in [0.1, 0.15) is 11.1 Å². The van der Waals surface area contributed by atoms with Crippen molar-refractivity contribution in [1.82, 2.24) is 4.90 Å². The molecule has 0 aliphatic heterocycles. The van der Waals surface area contributed by atoms with E-state index in [1.165, 1.54) is 11.6 Å². The van der Waals surface area contributed by atoms with E-state index in [0.717, 1.165) is 16.6 Å². The van der Waals surface area contributed by atoms with Crippen LogP contribution >= 0.6 is 15.9 Å². The van der Waals surface area contributed by atoms with Crippen molar-refractivity contribution in [2.24, 2.45) is 0 Å². The Labute approximate surface area is 121 Å². The zero-order valence-electron chi connectivity index (χ0n) is 10.7. The first-order valence-corrected chi connectivity index (χ1v) is 6.82. The van der Waals surface area contributed by atoms with Gasteiger partial charge in [0.2, 0.25) is 0 Å². The van der Waals surface area contributed by atoms with Gasteiger partial charge in [-0.3, -0.25) is 4.90 Å². The first kappa shape index (κ1) is 14.0. The maximum absolute atomic E-state index is 13.4. The monoisotopic (exact) mass is 322 g/mol. The Morgan fingerprint density at radius 1 is 1.05 bits per heavy atom. The van der Waals surface area contributed by atoms with Crippen LogP contribution in [0.3, 0.4) is 0 Å². The molecule has 0 unspecified atom stereocenters. The normalized spacial score (nSPS) is 10.9. The Kier molecular flexibility index (Phi) is 4.56. The second-order valence-corrected chi connectivity index (χ2v) is 5.43. The summed E-state index contributed by atoms with van der Waals surface area (Å²) in [5.41, 5.74) is 7.99. The minimum atomic E-state index is -0.355. The molecule has 0 amide bonds. The summed E-state index contributed by atoms with van der Waals surface area (Å²) in [4.78, 5) is 2.10. The molecule has 4 heteroatoms. The number of halogens is 2. The summed E-state index contributed by atoms with van der Waals surface area (Å²) < 4.78 is 14.4. The highest BCUT2D eigenvalue weighted by molar-refractivity contribution is 9.10. The van der Waals surface area contributed by atoms with Crippen LogP contribution in [-0.4, -0.2) is 11.9 Å². The van der Waals surface area contributed by atoms with E-state index in [-0.39, 0.29) is 11.5 Å². The molecule has 19 heavy (non-hydrogen) atoms. The third kappa shape index (κ3) is 3.55. The molecule has 0 spiro atoms. The summed E-state index contributed by atoms with van der Waals surface area (Å²) in [6.07, 6.45) is 0. The molecule has 0 radical (unpaired) electrons. The van der Waals surface area contributed by atoms with Crippen LogP contribution in [0.5, 0.6) is 0 Å². The Bertz CT molecular complexity index is 572. The van der Waals surface area contributed by atoms with Gasteiger partial charge in [-0.15, -0.1) is 0 Å². The molecule has 0 heterocycles.